The molecular formula is C14H17F2NO. The molecule has 1 unspecified atom stereocenters. The average Bonchev–Trinajstić information content (AvgIpc) is 2.87. The number of alkyl halides is 2. The van der Waals surface area contributed by atoms with E-state index in [4.69, 9.17) is 4.74 Å². The third-order valence-electron chi connectivity index (χ3n) is 3.88. The zero-order chi connectivity index (χ0) is 12.6. The smallest absolute Gasteiger partial charge is 0.277 e. The number of piperidine rings is 1. The van der Waals surface area contributed by atoms with Crippen molar-refractivity contribution in [3.63, 3.8) is 0 Å². The first-order valence-electron chi connectivity index (χ1n) is 6.52. The molecule has 0 radical (unpaired) electrons. The summed E-state index contributed by atoms with van der Waals surface area (Å²) in [4.78, 5) is 0. The number of rotatable bonds is 2. The maximum absolute atomic E-state index is 14.4. The van der Waals surface area contributed by atoms with Crippen LogP contribution in [0, 0.1) is 5.92 Å². The SMILES string of the molecule is FC(F)(c1ccc2c(c1)CCO2)C1CCCNC1. The molecule has 1 fully saturated rings. The number of hydrogen-bond donors (Lipinski definition) is 1. The minimum Gasteiger partial charge on any atom is -0.493 e. The summed E-state index contributed by atoms with van der Waals surface area (Å²) in [5.41, 5.74) is 1.05. The fraction of sp³-hybridized carbons (Fsp3) is 0.571. The maximum atomic E-state index is 14.4. The molecule has 0 aliphatic carbocycles. The van der Waals surface area contributed by atoms with E-state index in [2.05, 4.69) is 5.32 Å². The van der Waals surface area contributed by atoms with Gasteiger partial charge in [-0.25, -0.2) is 8.78 Å². The van der Waals surface area contributed by atoms with E-state index in [1.165, 1.54) is 6.07 Å². The molecule has 1 aromatic carbocycles. The van der Waals surface area contributed by atoms with Crippen LogP contribution in [0.2, 0.25) is 0 Å². The van der Waals surface area contributed by atoms with Crippen LogP contribution in [0.5, 0.6) is 5.75 Å². The molecule has 4 heteroatoms. The molecule has 18 heavy (non-hydrogen) atoms. The summed E-state index contributed by atoms with van der Waals surface area (Å²) in [6, 6.07) is 4.82. The molecule has 0 saturated carbocycles. The van der Waals surface area contributed by atoms with Gasteiger partial charge in [-0.2, -0.15) is 0 Å². The number of halogens is 2. The van der Waals surface area contributed by atoms with Gasteiger partial charge in [0.25, 0.3) is 5.92 Å². The molecule has 0 amide bonds. The highest BCUT2D eigenvalue weighted by molar-refractivity contribution is 5.41. The lowest BCUT2D eigenvalue weighted by molar-refractivity contribution is -0.0725. The molecule has 0 bridgehead atoms. The van der Waals surface area contributed by atoms with Gasteiger partial charge in [-0.05, 0) is 43.1 Å². The average molecular weight is 253 g/mol. The van der Waals surface area contributed by atoms with Crippen molar-refractivity contribution in [1.82, 2.24) is 5.32 Å². The molecular weight excluding hydrogens is 236 g/mol. The van der Waals surface area contributed by atoms with Crippen molar-refractivity contribution in [2.45, 2.75) is 25.2 Å². The molecule has 2 aliphatic heterocycles. The van der Waals surface area contributed by atoms with Crippen LogP contribution >= 0.6 is 0 Å². The van der Waals surface area contributed by atoms with Gasteiger partial charge in [0, 0.05) is 24.4 Å². The predicted molar refractivity (Wildman–Crippen MR) is 65.1 cm³/mol. The predicted octanol–water partition coefficient (Wildman–Crippen LogP) is 2.71. The summed E-state index contributed by atoms with van der Waals surface area (Å²) in [6.07, 6.45) is 2.16. The van der Waals surface area contributed by atoms with E-state index in [1.54, 1.807) is 12.1 Å². The lowest BCUT2D eigenvalue weighted by Gasteiger charge is -2.31. The van der Waals surface area contributed by atoms with Gasteiger partial charge in [0.15, 0.2) is 0 Å². The van der Waals surface area contributed by atoms with Gasteiger partial charge in [0.1, 0.15) is 5.75 Å². The molecule has 2 aliphatic rings. The molecule has 0 aromatic heterocycles. The minimum absolute atomic E-state index is 0.139. The van der Waals surface area contributed by atoms with Crippen molar-refractivity contribution in [1.29, 1.82) is 0 Å². The molecule has 1 saturated heterocycles. The number of fused-ring (bicyclic) bond motifs is 1. The van der Waals surface area contributed by atoms with Crippen LogP contribution in [-0.2, 0) is 12.3 Å². The fourth-order valence-electron chi connectivity index (χ4n) is 2.79. The van der Waals surface area contributed by atoms with Crippen molar-refractivity contribution >= 4 is 0 Å². The monoisotopic (exact) mass is 253 g/mol. The van der Waals surface area contributed by atoms with Crippen LogP contribution in [0.1, 0.15) is 24.0 Å². The Morgan fingerprint density at radius 3 is 3.00 bits per heavy atom. The van der Waals surface area contributed by atoms with Crippen LogP contribution < -0.4 is 10.1 Å². The van der Waals surface area contributed by atoms with E-state index in [0.29, 0.717) is 19.6 Å². The van der Waals surface area contributed by atoms with Gasteiger partial charge in [-0.1, -0.05) is 0 Å². The molecule has 1 N–H and O–H groups in total. The van der Waals surface area contributed by atoms with Gasteiger partial charge in [0.05, 0.1) is 6.61 Å². The second-order valence-electron chi connectivity index (χ2n) is 5.09. The maximum Gasteiger partial charge on any atom is 0.277 e. The van der Waals surface area contributed by atoms with E-state index < -0.39 is 11.8 Å². The van der Waals surface area contributed by atoms with Crippen molar-refractivity contribution in [3.8, 4) is 5.75 Å². The molecule has 1 aromatic rings. The number of hydrogen-bond acceptors (Lipinski definition) is 2. The first-order valence-corrected chi connectivity index (χ1v) is 6.52. The van der Waals surface area contributed by atoms with Gasteiger partial charge < -0.3 is 10.1 Å². The Labute approximate surface area is 105 Å². The van der Waals surface area contributed by atoms with Crippen LogP contribution in [0.25, 0.3) is 0 Å². The molecule has 2 nitrogen and oxygen atoms in total. The highest BCUT2D eigenvalue weighted by atomic mass is 19.3. The topological polar surface area (TPSA) is 21.3 Å². The third-order valence-corrected chi connectivity index (χ3v) is 3.88. The van der Waals surface area contributed by atoms with E-state index in [1.807, 2.05) is 0 Å². The Morgan fingerprint density at radius 1 is 1.33 bits per heavy atom. The molecule has 0 spiro atoms. The zero-order valence-corrected chi connectivity index (χ0v) is 10.2. The molecule has 2 heterocycles. The first-order chi connectivity index (χ1) is 8.68. The summed E-state index contributed by atoms with van der Waals surface area (Å²) in [5.74, 6) is -2.58. The third kappa shape index (κ3) is 1.99. The number of benzene rings is 1. The molecule has 1 atom stereocenters. The second-order valence-corrected chi connectivity index (χ2v) is 5.09. The highest BCUT2D eigenvalue weighted by Gasteiger charge is 2.42. The lowest BCUT2D eigenvalue weighted by Crippen LogP contribution is -2.39. The van der Waals surface area contributed by atoms with Crippen LogP contribution in [0.3, 0.4) is 0 Å². The van der Waals surface area contributed by atoms with E-state index in [9.17, 15) is 8.78 Å². The minimum atomic E-state index is -2.74. The van der Waals surface area contributed by atoms with Gasteiger partial charge in [0.2, 0.25) is 0 Å². The first kappa shape index (κ1) is 11.9. The molecule has 3 rings (SSSR count). The summed E-state index contributed by atoms with van der Waals surface area (Å²) >= 11 is 0. The van der Waals surface area contributed by atoms with E-state index in [0.717, 1.165) is 30.7 Å². The Kier molecular flexibility index (Phi) is 2.98. The highest BCUT2D eigenvalue weighted by Crippen LogP contribution is 2.41. The number of nitrogens with one attached hydrogen (secondary N) is 1. The summed E-state index contributed by atoms with van der Waals surface area (Å²) in [5, 5.41) is 3.06. The summed E-state index contributed by atoms with van der Waals surface area (Å²) in [7, 11) is 0. The Bertz CT molecular complexity index is 441. The second kappa shape index (κ2) is 4.50. The quantitative estimate of drug-likeness (QED) is 0.875. The van der Waals surface area contributed by atoms with E-state index in [-0.39, 0.29) is 5.56 Å². The Balaban J connectivity index is 1.87. The lowest BCUT2D eigenvalue weighted by atomic mass is 9.87. The zero-order valence-electron chi connectivity index (χ0n) is 10.2. The van der Waals surface area contributed by atoms with Crippen LogP contribution in [0.4, 0.5) is 8.78 Å². The standard InChI is InChI=1S/C14H17F2NO/c15-14(16,12-2-1-6-17-9-12)11-3-4-13-10(8-11)5-7-18-13/h3-4,8,12,17H,1-2,5-7,9H2. The Hall–Kier alpha value is -1.16. The van der Waals surface area contributed by atoms with E-state index >= 15 is 0 Å². The molecule has 98 valence electrons. The fourth-order valence-corrected chi connectivity index (χ4v) is 2.79. The summed E-state index contributed by atoms with van der Waals surface area (Å²) in [6.45, 7) is 1.86. The van der Waals surface area contributed by atoms with Crippen molar-refractivity contribution in [2.24, 2.45) is 5.92 Å². The number of ether oxygens (including phenoxy) is 1. The van der Waals surface area contributed by atoms with Gasteiger partial charge in [-0.3, -0.25) is 0 Å². The van der Waals surface area contributed by atoms with Crippen molar-refractivity contribution in [3.05, 3.63) is 29.3 Å². The van der Waals surface area contributed by atoms with Crippen molar-refractivity contribution < 1.29 is 13.5 Å². The van der Waals surface area contributed by atoms with Gasteiger partial charge >= 0.3 is 0 Å². The van der Waals surface area contributed by atoms with Gasteiger partial charge in [-0.15, -0.1) is 0 Å². The van der Waals surface area contributed by atoms with Crippen LogP contribution in [0.15, 0.2) is 18.2 Å². The van der Waals surface area contributed by atoms with Crippen LogP contribution in [-0.4, -0.2) is 19.7 Å². The van der Waals surface area contributed by atoms with Crippen molar-refractivity contribution in [2.75, 3.05) is 19.7 Å². The normalized spacial score (nSPS) is 23.6. The Morgan fingerprint density at radius 2 is 2.22 bits per heavy atom. The summed E-state index contributed by atoms with van der Waals surface area (Å²) < 4.78 is 34.2. The largest absolute Gasteiger partial charge is 0.493 e.